The first kappa shape index (κ1) is 16.5. The molecular weight excluding hydrogens is 288 g/mol. The molecule has 1 aliphatic heterocycles. The Morgan fingerprint density at radius 3 is 2.68 bits per heavy atom. The number of ether oxygens (including phenoxy) is 1. The van der Waals surface area contributed by atoms with Gasteiger partial charge in [0.2, 0.25) is 0 Å². The lowest BCUT2D eigenvalue weighted by Crippen LogP contribution is -2.26. The van der Waals surface area contributed by atoms with Crippen LogP contribution in [-0.2, 0) is 5.88 Å². The van der Waals surface area contributed by atoms with Crippen LogP contribution in [0.3, 0.4) is 0 Å². The number of likely N-dealkylation sites (tertiary alicyclic amines) is 1. The van der Waals surface area contributed by atoms with Crippen molar-refractivity contribution in [2.75, 3.05) is 26.3 Å². The normalized spacial score (nSPS) is 19.2. The van der Waals surface area contributed by atoms with Gasteiger partial charge in [0, 0.05) is 25.5 Å². The molecule has 1 atom stereocenters. The second-order valence-electron chi connectivity index (χ2n) is 4.65. The van der Waals surface area contributed by atoms with Crippen molar-refractivity contribution in [2.24, 2.45) is 0 Å². The van der Waals surface area contributed by atoms with Gasteiger partial charge in [-0.05, 0) is 30.5 Å². The Morgan fingerprint density at radius 2 is 2.05 bits per heavy atom. The summed E-state index contributed by atoms with van der Waals surface area (Å²) in [6, 6.07) is 7.89. The molecule has 1 aliphatic rings. The Bertz CT molecular complexity index is 361. The summed E-state index contributed by atoms with van der Waals surface area (Å²) in [5.74, 6) is 1.42. The standard InChI is InChI=1S/C14H19ClFNO.ClH/c15-10-12-2-4-13(5-3-12)18-14-6-9-17(11-14)8-1-7-16;/h2-5,14H,1,6-11H2;1H/t14-;/m0./s1. The Balaban J connectivity index is 0.00000180. The molecule has 0 spiro atoms. The van der Waals surface area contributed by atoms with E-state index in [1.807, 2.05) is 24.3 Å². The van der Waals surface area contributed by atoms with Crippen LogP contribution in [0.4, 0.5) is 4.39 Å². The van der Waals surface area contributed by atoms with E-state index in [1.54, 1.807) is 0 Å². The van der Waals surface area contributed by atoms with E-state index < -0.39 is 0 Å². The molecule has 0 aliphatic carbocycles. The Hall–Kier alpha value is -0.510. The second kappa shape index (κ2) is 8.62. The molecular formula is C14H20Cl2FNO. The SMILES string of the molecule is Cl.FCCCN1CC[C@H](Oc2ccc(CCl)cc2)C1. The van der Waals surface area contributed by atoms with E-state index in [2.05, 4.69) is 4.90 Å². The van der Waals surface area contributed by atoms with E-state index in [1.165, 1.54) is 0 Å². The number of benzene rings is 1. The molecule has 0 amide bonds. The van der Waals surface area contributed by atoms with Gasteiger partial charge in [-0.15, -0.1) is 24.0 Å². The largest absolute Gasteiger partial charge is 0.489 e. The van der Waals surface area contributed by atoms with Crippen molar-refractivity contribution in [1.82, 2.24) is 4.90 Å². The minimum absolute atomic E-state index is 0. The summed E-state index contributed by atoms with van der Waals surface area (Å²) >= 11 is 5.74. The molecule has 2 nitrogen and oxygen atoms in total. The van der Waals surface area contributed by atoms with Crippen LogP contribution in [0, 0.1) is 0 Å². The van der Waals surface area contributed by atoms with Gasteiger partial charge in [0.25, 0.3) is 0 Å². The molecule has 1 saturated heterocycles. The fraction of sp³-hybridized carbons (Fsp3) is 0.571. The summed E-state index contributed by atoms with van der Waals surface area (Å²) in [5, 5.41) is 0. The maximum Gasteiger partial charge on any atom is 0.119 e. The lowest BCUT2D eigenvalue weighted by atomic mass is 10.2. The number of rotatable bonds is 6. The molecule has 5 heteroatoms. The van der Waals surface area contributed by atoms with E-state index in [0.29, 0.717) is 12.3 Å². The van der Waals surface area contributed by atoms with Gasteiger partial charge in [0.1, 0.15) is 11.9 Å². The molecule has 19 heavy (non-hydrogen) atoms. The number of halogens is 3. The van der Waals surface area contributed by atoms with Gasteiger partial charge in [-0.3, -0.25) is 9.29 Å². The van der Waals surface area contributed by atoms with E-state index in [0.717, 1.165) is 37.4 Å². The number of alkyl halides is 2. The summed E-state index contributed by atoms with van der Waals surface area (Å²) in [7, 11) is 0. The van der Waals surface area contributed by atoms with Crippen LogP contribution in [0.25, 0.3) is 0 Å². The van der Waals surface area contributed by atoms with E-state index in [-0.39, 0.29) is 25.2 Å². The zero-order chi connectivity index (χ0) is 12.8. The maximum absolute atomic E-state index is 12.1. The highest BCUT2D eigenvalue weighted by Gasteiger charge is 2.23. The molecule has 108 valence electrons. The third-order valence-electron chi connectivity index (χ3n) is 3.22. The lowest BCUT2D eigenvalue weighted by molar-refractivity contribution is 0.198. The molecule has 1 aromatic carbocycles. The average Bonchev–Trinajstić information content (AvgIpc) is 2.85. The Morgan fingerprint density at radius 1 is 1.32 bits per heavy atom. The molecule has 0 aromatic heterocycles. The Kier molecular flexibility index (Phi) is 7.51. The minimum atomic E-state index is -0.234. The molecule has 0 radical (unpaired) electrons. The first-order chi connectivity index (χ1) is 8.81. The van der Waals surface area contributed by atoms with Crippen LogP contribution in [-0.4, -0.2) is 37.3 Å². The lowest BCUT2D eigenvalue weighted by Gasteiger charge is -2.16. The predicted molar refractivity (Wildman–Crippen MR) is 79.3 cm³/mol. The van der Waals surface area contributed by atoms with E-state index in [9.17, 15) is 4.39 Å². The number of nitrogens with zero attached hydrogens (tertiary/aromatic N) is 1. The van der Waals surface area contributed by atoms with Crippen molar-refractivity contribution in [2.45, 2.75) is 24.8 Å². The zero-order valence-electron chi connectivity index (χ0n) is 10.9. The minimum Gasteiger partial charge on any atom is -0.489 e. The van der Waals surface area contributed by atoms with Crippen molar-refractivity contribution in [3.05, 3.63) is 29.8 Å². The third-order valence-corrected chi connectivity index (χ3v) is 3.53. The quantitative estimate of drug-likeness (QED) is 0.744. The van der Waals surface area contributed by atoms with Crippen molar-refractivity contribution < 1.29 is 9.13 Å². The van der Waals surface area contributed by atoms with Gasteiger partial charge in [0.05, 0.1) is 6.67 Å². The first-order valence-corrected chi connectivity index (χ1v) is 6.95. The summed E-state index contributed by atoms with van der Waals surface area (Å²) in [6.07, 6.45) is 1.87. The Labute approximate surface area is 125 Å². The van der Waals surface area contributed by atoms with Crippen LogP contribution < -0.4 is 4.74 Å². The zero-order valence-corrected chi connectivity index (χ0v) is 12.4. The van der Waals surface area contributed by atoms with Crippen LogP contribution in [0.1, 0.15) is 18.4 Å². The number of hydrogen-bond donors (Lipinski definition) is 0. The molecule has 1 fully saturated rings. The topological polar surface area (TPSA) is 12.5 Å². The molecule has 1 aromatic rings. The van der Waals surface area contributed by atoms with Crippen LogP contribution >= 0.6 is 24.0 Å². The first-order valence-electron chi connectivity index (χ1n) is 6.41. The summed E-state index contributed by atoms with van der Waals surface area (Å²) in [6.45, 7) is 2.51. The molecule has 0 N–H and O–H groups in total. The fourth-order valence-corrected chi connectivity index (χ4v) is 2.41. The average molecular weight is 308 g/mol. The second-order valence-corrected chi connectivity index (χ2v) is 4.92. The van der Waals surface area contributed by atoms with E-state index in [4.69, 9.17) is 16.3 Å². The third kappa shape index (κ3) is 5.17. The van der Waals surface area contributed by atoms with Crippen LogP contribution in [0.15, 0.2) is 24.3 Å². The monoisotopic (exact) mass is 307 g/mol. The predicted octanol–water partition coefficient (Wildman–Crippen LogP) is 3.66. The van der Waals surface area contributed by atoms with Crippen molar-refractivity contribution in [3.63, 3.8) is 0 Å². The summed E-state index contributed by atoms with van der Waals surface area (Å²) in [4.78, 5) is 2.26. The smallest absolute Gasteiger partial charge is 0.119 e. The highest BCUT2D eigenvalue weighted by molar-refractivity contribution is 6.17. The van der Waals surface area contributed by atoms with Gasteiger partial charge in [-0.2, -0.15) is 0 Å². The van der Waals surface area contributed by atoms with E-state index >= 15 is 0 Å². The van der Waals surface area contributed by atoms with Crippen molar-refractivity contribution in [1.29, 1.82) is 0 Å². The highest BCUT2D eigenvalue weighted by Crippen LogP contribution is 2.19. The van der Waals surface area contributed by atoms with Gasteiger partial charge < -0.3 is 4.74 Å². The highest BCUT2D eigenvalue weighted by atomic mass is 35.5. The van der Waals surface area contributed by atoms with Gasteiger partial charge in [-0.25, -0.2) is 0 Å². The summed E-state index contributed by atoms with van der Waals surface area (Å²) in [5.41, 5.74) is 1.10. The van der Waals surface area contributed by atoms with Gasteiger partial charge in [-0.1, -0.05) is 12.1 Å². The van der Waals surface area contributed by atoms with Crippen LogP contribution in [0.2, 0.25) is 0 Å². The molecule has 0 bridgehead atoms. The van der Waals surface area contributed by atoms with Crippen molar-refractivity contribution in [3.8, 4) is 5.75 Å². The summed E-state index contributed by atoms with van der Waals surface area (Å²) < 4.78 is 18.0. The van der Waals surface area contributed by atoms with Gasteiger partial charge >= 0.3 is 0 Å². The van der Waals surface area contributed by atoms with Crippen molar-refractivity contribution >= 4 is 24.0 Å². The number of hydrogen-bond acceptors (Lipinski definition) is 2. The molecule has 2 rings (SSSR count). The maximum atomic E-state index is 12.1. The van der Waals surface area contributed by atoms with Crippen LogP contribution in [0.5, 0.6) is 5.75 Å². The van der Waals surface area contributed by atoms with Gasteiger partial charge in [0.15, 0.2) is 0 Å². The molecule has 1 heterocycles. The molecule has 0 saturated carbocycles. The fourth-order valence-electron chi connectivity index (χ4n) is 2.23. The molecule has 0 unspecified atom stereocenters.